The molecule has 11 nitrogen and oxygen atoms in total. The second-order valence-electron chi connectivity index (χ2n) is 7.27. The molecule has 38 heavy (non-hydrogen) atoms. The van der Waals surface area contributed by atoms with Crippen LogP contribution in [-0.2, 0) is 14.8 Å². The summed E-state index contributed by atoms with van der Waals surface area (Å²) in [6, 6.07) is 12.2. The van der Waals surface area contributed by atoms with Gasteiger partial charge >= 0.3 is 12.1 Å². The fourth-order valence-electron chi connectivity index (χ4n) is 2.97. The predicted octanol–water partition coefficient (Wildman–Crippen LogP) is 4.00. The lowest BCUT2D eigenvalue weighted by Gasteiger charge is -2.19. The molecule has 0 unspecified atom stereocenters. The van der Waals surface area contributed by atoms with Crippen LogP contribution < -0.4 is 24.8 Å². The molecule has 16 heteroatoms. The van der Waals surface area contributed by atoms with Crippen LogP contribution >= 0.6 is 11.8 Å². The number of aliphatic carboxylic acids is 1. The van der Waals surface area contributed by atoms with Crippen LogP contribution in [0.1, 0.15) is 0 Å². The summed E-state index contributed by atoms with van der Waals surface area (Å²) in [7, 11) is -2.18. The fourth-order valence-corrected chi connectivity index (χ4v) is 4.26. The molecule has 2 aromatic carbocycles. The molecule has 0 saturated heterocycles. The van der Waals surface area contributed by atoms with Crippen LogP contribution in [0.25, 0.3) is 0 Å². The first-order valence-corrected chi connectivity index (χ1v) is 13.3. The van der Waals surface area contributed by atoms with Gasteiger partial charge in [0.1, 0.15) is 31.2 Å². The van der Waals surface area contributed by atoms with Crippen molar-refractivity contribution in [2.24, 2.45) is 0 Å². The number of fused-ring (bicyclic) bond motifs is 1. The third kappa shape index (κ3) is 7.62. The molecule has 3 aromatic rings. The summed E-state index contributed by atoms with van der Waals surface area (Å²) in [5, 5.41) is 13.5. The van der Waals surface area contributed by atoms with Gasteiger partial charge in [-0.25, -0.2) is 27.9 Å². The van der Waals surface area contributed by atoms with Gasteiger partial charge in [0, 0.05) is 22.7 Å². The van der Waals surface area contributed by atoms with Crippen molar-refractivity contribution in [1.82, 2.24) is 14.7 Å². The standard InChI is InChI=1S/C20H21N5O4S2.C2HF3O2/c1-21-31(26,27)14-4-6-18(30-2)15(10-14)25-20-11-19(22-12-23-20)24-13-3-5-16-17(9-13)29-8-7-28-16;3-2(4,5)1(6)7/h3-6,9-12,21H,7-8H2,1-2H3,(H2,22,23,24,25);(H,6,7). The number of alkyl halides is 3. The van der Waals surface area contributed by atoms with E-state index in [1.165, 1.54) is 25.1 Å². The highest BCUT2D eigenvalue weighted by Gasteiger charge is 2.38. The Morgan fingerprint density at radius 3 is 2.24 bits per heavy atom. The van der Waals surface area contributed by atoms with Gasteiger partial charge in [0.05, 0.1) is 10.6 Å². The van der Waals surface area contributed by atoms with Gasteiger partial charge in [0.25, 0.3) is 0 Å². The average Bonchev–Trinajstić information content (AvgIpc) is 2.88. The summed E-state index contributed by atoms with van der Waals surface area (Å²) in [4.78, 5) is 18.5. The minimum absolute atomic E-state index is 0.166. The molecule has 4 rings (SSSR count). The van der Waals surface area contributed by atoms with E-state index in [-0.39, 0.29) is 4.90 Å². The van der Waals surface area contributed by atoms with E-state index in [9.17, 15) is 21.6 Å². The lowest BCUT2D eigenvalue weighted by molar-refractivity contribution is -0.192. The largest absolute Gasteiger partial charge is 0.490 e. The second-order valence-corrected chi connectivity index (χ2v) is 10.0. The Hall–Kier alpha value is -3.76. The zero-order chi connectivity index (χ0) is 27.9. The SMILES string of the molecule is CNS(=O)(=O)c1ccc(SC)c(Nc2cc(Nc3ccc4c(c3)OCCO4)ncn2)c1.O=C(O)C(F)(F)F. The number of carboxylic acid groups (broad SMARTS) is 1. The average molecular weight is 574 g/mol. The van der Waals surface area contributed by atoms with Crippen molar-refractivity contribution >= 4 is 50.8 Å². The van der Waals surface area contributed by atoms with Gasteiger partial charge in [-0.05, 0) is 43.6 Å². The molecule has 0 spiro atoms. The van der Waals surface area contributed by atoms with Crippen LogP contribution in [0.4, 0.5) is 36.2 Å². The minimum Gasteiger partial charge on any atom is -0.486 e. The zero-order valence-electron chi connectivity index (χ0n) is 19.9. The molecule has 4 N–H and O–H groups in total. The molecular weight excluding hydrogens is 551 g/mol. The zero-order valence-corrected chi connectivity index (χ0v) is 21.5. The molecule has 0 aliphatic carbocycles. The first kappa shape index (κ1) is 28.8. The highest BCUT2D eigenvalue weighted by Crippen LogP contribution is 2.34. The minimum atomic E-state index is -5.08. The Bertz CT molecular complexity index is 1410. The number of nitrogens with one attached hydrogen (secondary N) is 3. The molecule has 0 saturated carbocycles. The number of ether oxygens (including phenoxy) is 2. The van der Waals surface area contributed by atoms with E-state index in [1.54, 1.807) is 24.3 Å². The summed E-state index contributed by atoms with van der Waals surface area (Å²) in [5.41, 5.74) is 1.42. The fraction of sp³-hybridized carbons (Fsp3) is 0.227. The van der Waals surface area contributed by atoms with E-state index in [4.69, 9.17) is 19.4 Å². The second kappa shape index (κ2) is 12.2. The Balaban J connectivity index is 0.000000505. The molecule has 2 heterocycles. The van der Waals surface area contributed by atoms with E-state index in [0.29, 0.717) is 42.0 Å². The van der Waals surface area contributed by atoms with Crippen LogP contribution in [0.5, 0.6) is 11.5 Å². The van der Waals surface area contributed by atoms with Gasteiger partial charge in [0.15, 0.2) is 11.5 Å². The molecule has 0 radical (unpaired) electrons. The summed E-state index contributed by atoms with van der Waals surface area (Å²) < 4.78 is 69.5. The number of aromatic nitrogens is 2. The Morgan fingerprint density at radius 2 is 1.63 bits per heavy atom. The van der Waals surface area contributed by atoms with Crippen LogP contribution in [-0.4, -0.2) is 62.2 Å². The highest BCUT2D eigenvalue weighted by molar-refractivity contribution is 7.98. The van der Waals surface area contributed by atoms with Crippen LogP contribution in [0.3, 0.4) is 0 Å². The van der Waals surface area contributed by atoms with Gasteiger partial charge in [-0.1, -0.05) is 0 Å². The van der Waals surface area contributed by atoms with Crippen molar-refractivity contribution < 1.29 is 41.0 Å². The Morgan fingerprint density at radius 1 is 1.00 bits per heavy atom. The van der Waals surface area contributed by atoms with Crippen molar-refractivity contribution in [3.63, 3.8) is 0 Å². The number of halogens is 3. The van der Waals surface area contributed by atoms with Crippen molar-refractivity contribution in [2.45, 2.75) is 16.0 Å². The maximum atomic E-state index is 12.2. The molecule has 0 amide bonds. The topological polar surface area (TPSA) is 152 Å². The van der Waals surface area contributed by atoms with Gasteiger partial charge in [-0.2, -0.15) is 13.2 Å². The molecular formula is C22H22F3N5O6S2. The van der Waals surface area contributed by atoms with Gasteiger partial charge in [0.2, 0.25) is 10.0 Å². The molecule has 0 atom stereocenters. The number of hydrogen-bond acceptors (Lipinski definition) is 10. The van der Waals surface area contributed by atoms with E-state index < -0.39 is 22.2 Å². The lowest BCUT2D eigenvalue weighted by Crippen LogP contribution is -2.21. The maximum absolute atomic E-state index is 12.2. The highest BCUT2D eigenvalue weighted by atomic mass is 32.2. The third-order valence-electron chi connectivity index (χ3n) is 4.74. The number of thioether (sulfide) groups is 1. The number of hydrogen-bond donors (Lipinski definition) is 4. The number of carboxylic acids is 1. The predicted molar refractivity (Wildman–Crippen MR) is 134 cm³/mol. The monoisotopic (exact) mass is 573 g/mol. The summed E-state index contributed by atoms with van der Waals surface area (Å²) in [6.07, 6.45) is -1.74. The number of carbonyl (C=O) groups is 1. The van der Waals surface area contributed by atoms with Gasteiger partial charge < -0.3 is 25.2 Å². The normalized spacial score (nSPS) is 12.7. The van der Waals surface area contributed by atoms with Gasteiger partial charge in [-0.3, -0.25) is 0 Å². The van der Waals surface area contributed by atoms with Crippen LogP contribution in [0.15, 0.2) is 58.6 Å². The van der Waals surface area contributed by atoms with E-state index >= 15 is 0 Å². The molecule has 204 valence electrons. The van der Waals surface area contributed by atoms with Crippen molar-refractivity contribution in [3.05, 3.63) is 48.8 Å². The molecule has 0 fully saturated rings. The third-order valence-corrected chi connectivity index (χ3v) is 6.94. The smallest absolute Gasteiger partial charge is 0.486 e. The quantitative estimate of drug-likeness (QED) is 0.304. The Labute approximate surface area is 219 Å². The van der Waals surface area contributed by atoms with E-state index in [0.717, 1.165) is 10.6 Å². The summed E-state index contributed by atoms with van der Waals surface area (Å²) in [5.74, 6) is -0.283. The summed E-state index contributed by atoms with van der Waals surface area (Å²) in [6.45, 7) is 1.05. The number of nitrogens with zero attached hydrogens (tertiary/aromatic N) is 2. The van der Waals surface area contributed by atoms with Crippen molar-refractivity contribution in [1.29, 1.82) is 0 Å². The lowest BCUT2D eigenvalue weighted by atomic mass is 10.2. The van der Waals surface area contributed by atoms with Gasteiger partial charge in [-0.15, -0.1) is 11.8 Å². The first-order valence-electron chi connectivity index (χ1n) is 10.6. The van der Waals surface area contributed by atoms with Crippen LogP contribution in [0.2, 0.25) is 0 Å². The molecule has 0 bridgehead atoms. The molecule has 1 aliphatic rings. The maximum Gasteiger partial charge on any atom is 0.490 e. The number of benzene rings is 2. The number of sulfonamides is 1. The summed E-state index contributed by atoms with van der Waals surface area (Å²) >= 11 is 1.50. The number of rotatable bonds is 7. The van der Waals surface area contributed by atoms with Crippen molar-refractivity contribution in [2.75, 3.05) is 37.2 Å². The van der Waals surface area contributed by atoms with E-state index in [2.05, 4.69) is 25.3 Å². The van der Waals surface area contributed by atoms with Crippen molar-refractivity contribution in [3.8, 4) is 11.5 Å². The first-order chi connectivity index (χ1) is 17.9. The van der Waals surface area contributed by atoms with Crippen LogP contribution in [0, 0.1) is 0 Å². The molecule has 1 aromatic heterocycles. The van der Waals surface area contributed by atoms with E-state index in [1.807, 2.05) is 24.5 Å². The number of anilines is 4. The Kier molecular flexibility index (Phi) is 9.24. The molecule has 1 aliphatic heterocycles.